The highest BCUT2D eigenvalue weighted by Crippen LogP contribution is 2.16. The van der Waals surface area contributed by atoms with Gasteiger partial charge < -0.3 is 15.1 Å². The molecule has 0 aliphatic rings. The number of rotatable bonds is 29. The highest BCUT2D eigenvalue weighted by molar-refractivity contribution is 4.85. The predicted molar refractivity (Wildman–Crippen MR) is 160 cm³/mol. The van der Waals surface area contributed by atoms with Gasteiger partial charge in [-0.3, -0.25) is 0 Å². The second kappa shape index (κ2) is 29.0. The van der Waals surface area contributed by atoms with E-state index in [0.717, 1.165) is 6.42 Å². The second-order valence-electron chi connectivity index (χ2n) is 11.2. The fraction of sp³-hybridized carbons (Fsp3) is 0.939. The van der Waals surface area contributed by atoms with Crippen LogP contribution in [-0.2, 0) is 0 Å². The van der Waals surface area contributed by atoms with E-state index in [-0.39, 0.29) is 0 Å². The van der Waals surface area contributed by atoms with E-state index in [1.165, 1.54) is 148 Å². The van der Waals surface area contributed by atoms with Crippen molar-refractivity contribution < 1.29 is 10.2 Å². The average molecular weight is 510 g/mol. The van der Waals surface area contributed by atoms with E-state index in [9.17, 15) is 10.2 Å². The van der Waals surface area contributed by atoms with E-state index >= 15 is 0 Å². The summed E-state index contributed by atoms with van der Waals surface area (Å²) in [5, 5.41) is 20.0. The maximum absolute atomic E-state index is 10.0. The Morgan fingerprint density at radius 1 is 0.444 bits per heavy atom. The lowest BCUT2D eigenvalue weighted by Crippen LogP contribution is -2.38. The molecule has 3 nitrogen and oxygen atoms in total. The standard InChI is InChI=1S/C33H67NO2/c1-4-7-8-9-10-11-12-13-14-15-16-17-18-19-20-21-22-23-24-25-26-27-28-29-30-31-34(32(35)5-2)33(36)6-3/h30-33,35-36H,4-29H2,1-3H3. The van der Waals surface area contributed by atoms with Crippen LogP contribution in [0.15, 0.2) is 12.3 Å². The molecule has 0 aromatic heterocycles. The lowest BCUT2D eigenvalue weighted by Gasteiger charge is -2.30. The normalized spacial score (nSPS) is 13.5. The molecule has 3 heteroatoms. The molecule has 0 amide bonds. The Balaban J connectivity index is 3.28. The Labute approximate surface area is 227 Å². The smallest absolute Gasteiger partial charge is 0.128 e. The van der Waals surface area contributed by atoms with Crippen molar-refractivity contribution in [1.29, 1.82) is 0 Å². The third-order valence-corrected chi connectivity index (χ3v) is 7.67. The fourth-order valence-electron chi connectivity index (χ4n) is 5.06. The topological polar surface area (TPSA) is 43.7 Å². The molecule has 0 aromatic carbocycles. The monoisotopic (exact) mass is 510 g/mol. The van der Waals surface area contributed by atoms with Gasteiger partial charge in [0.15, 0.2) is 0 Å². The summed E-state index contributed by atoms with van der Waals surface area (Å²) in [4.78, 5) is 1.68. The van der Waals surface area contributed by atoms with Crippen LogP contribution in [0.2, 0.25) is 0 Å². The van der Waals surface area contributed by atoms with E-state index in [2.05, 4.69) is 13.0 Å². The Morgan fingerprint density at radius 3 is 1.00 bits per heavy atom. The molecule has 2 N–H and O–H groups in total. The minimum absolute atomic E-state index is 0.592. The molecule has 2 unspecified atom stereocenters. The molecule has 0 bridgehead atoms. The molecule has 0 aromatic rings. The van der Waals surface area contributed by atoms with Crippen LogP contribution in [0, 0.1) is 0 Å². The van der Waals surface area contributed by atoms with Gasteiger partial charge >= 0.3 is 0 Å². The van der Waals surface area contributed by atoms with Gasteiger partial charge in [-0.15, -0.1) is 0 Å². The molecule has 0 saturated heterocycles. The van der Waals surface area contributed by atoms with Gasteiger partial charge in [0.2, 0.25) is 0 Å². The highest BCUT2D eigenvalue weighted by atomic mass is 16.3. The van der Waals surface area contributed by atoms with Gasteiger partial charge in [0, 0.05) is 6.20 Å². The van der Waals surface area contributed by atoms with Crippen molar-refractivity contribution in [2.24, 2.45) is 0 Å². The van der Waals surface area contributed by atoms with Crippen molar-refractivity contribution in [3.05, 3.63) is 12.3 Å². The maximum atomic E-state index is 10.0. The van der Waals surface area contributed by atoms with Gasteiger partial charge in [0.25, 0.3) is 0 Å². The van der Waals surface area contributed by atoms with Gasteiger partial charge in [-0.1, -0.05) is 168 Å². The summed E-state index contributed by atoms with van der Waals surface area (Å²) in [5.74, 6) is 0. The summed E-state index contributed by atoms with van der Waals surface area (Å²) >= 11 is 0. The fourth-order valence-corrected chi connectivity index (χ4v) is 5.06. The first-order valence-electron chi connectivity index (χ1n) is 16.5. The Hall–Kier alpha value is -0.540. The largest absolute Gasteiger partial charge is 0.374 e. The van der Waals surface area contributed by atoms with Crippen LogP contribution in [-0.4, -0.2) is 27.6 Å². The summed E-state index contributed by atoms with van der Waals surface area (Å²) in [6, 6.07) is 0. The lowest BCUT2D eigenvalue weighted by molar-refractivity contribution is -0.0725. The second-order valence-corrected chi connectivity index (χ2v) is 11.2. The number of aliphatic hydroxyl groups is 2. The van der Waals surface area contributed by atoms with Crippen LogP contribution in [0.4, 0.5) is 0 Å². The zero-order chi connectivity index (χ0) is 26.5. The van der Waals surface area contributed by atoms with Gasteiger partial charge in [-0.2, -0.15) is 0 Å². The molecule has 216 valence electrons. The number of hydrogen-bond acceptors (Lipinski definition) is 3. The maximum Gasteiger partial charge on any atom is 0.128 e. The van der Waals surface area contributed by atoms with Crippen molar-refractivity contribution in [1.82, 2.24) is 4.90 Å². The third-order valence-electron chi connectivity index (χ3n) is 7.67. The number of hydrogen-bond donors (Lipinski definition) is 2. The summed E-state index contributed by atoms with van der Waals surface area (Å²) in [7, 11) is 0. The zero-order valence-corrected chi connectivity index (χ0v) is 25.0. The van der Waals surface area contributed by atoms with E-state index < -0.39 is 12.5 Å². The first-order chi connectivity index (χ1) is 17.7. The molecule has 0 aliphatic heterocycles. The van der Waals surface area contributed by atoms with Crippen molar-refractivity contribution >= 4 is 0 Å². The van der Waals surface area contributed by atoms with Crippen LogP contribution in [0.5, 0.6) is 0 Å². The molecule has 0 fully saturated rings. The molecule has 0 spiro atoms. The summed E-state index contributed by atoms with van der Waals surface area (Å²) in [6.07, 6.45) is 37.8. The van der Waals surface area contributed by atoms with Gasteiger partial charge in [0.1, 0.15) is 12.5 Å². The number of aliphatic hydroxyl groups excluding tert-OH is 2. The van der Waals surface area contributed by atoms with Gasteiger partial charge in [-0.05, 0) is 25.7 Å². The highest BCUT2D eigenvalue weighted by Gasteiger charge is 2.16. The first-order valence-corrected chi connectivity index (χ1v) is 16.5. The minimum atomic E-state index is -0.592. The van der Waals surface area contributed by atoms with E-state index in [1.807, 2.05) is 20.0 Å². The molecule has 2 atom stereocenters. The molecule has 36 heavy (non-hydrogen) atoms. The number of allylic oxidation sites excluding steroid dienone is 1. The van der Waals surface area contributed by atoms with E-state index in [1.54, 1.807) is 4.90 Å². The van der Waals surface area contributed by atoms with E-state index in [4.69, 9.17) is 0 Å². The Kier molecular flexibility index (Phi) is 28.6. The lowest BCUT2D eigenvalue weighted by atomic mass is 10.0. The molecule has 0 heterocycles. The quantitative estimate of drug-likeness (QED) is 0.0778. The van der Waals surface area contributed by atoms with Crippen molar-refractivity contribution in [2.75, 3.05) is 0 Å². The zero-order valence-electron chi connectivity index (χ0n) is 25.0. The van der Waals surface area contributed by atoms with Crippen LogP contribution in [0.3, 0.4) is 0 Å². The summed E-state index contributed by atoms with van der Waals surface area (Å²) < 4.78 is 0. The molecule has 0 aliphatic carbocycles. The number of unbranched alkanes of at least 4 members (excludes halogenated alkanes) is 23. The van der Waals surface area contributed by atoms with Crippen LogP contribution >= 0.6 is 0 Å². The van der Waals surface area contributed by atoms with Gasteiger partial charge in [0.05, 0.1) is 0 Å². The minimum Gasteiger partial charge on any atom is -0.374 e. The molecule has 0 radical (unpaired) electrons. The molecule has 0 saturated carbocycles. The van der Waals surface area contributed by atoms with Crippen molar-refractivity contribution in [3.63, 3.8) is 0 Å². The third kappa shape index (κ3) is 23.8. The Morgan fingerprint density at radius 2 is 0.722 bits per heavy atom. The van der Waals surface area contributed by atoms with Crippen molar-refractivity contribution in [3.8, 4) is 0 Å². The first kappa shape index (κ1) is 35.5. The van der Waals surface area contributed by atoms with E-state index in [0.29, 0.717) is 12.8 Å². The average Bonchev–Trinajstić information content (AvgIpc) is 2.90. The van der Waals surface area contributed by atoms with Crippen LogP contribution < -0.4 is 0 Å². The summed E-state index contributed by atoms with van der Waals surface area (Å²) in [6.45, 7) is 6.17. The summed E-state index contributed by atoms with van der Waals surface area (Å²) in [5.41, 5.74) is 0. The SMILES string of the molecule is CCCCCCCCCCCCCCCCCCCCCCCCCC=CN(C(O)CC)C(O)CC. The number of nitrogens with zero attached hydrogens (tertiary/aromatic N) is 1. The Bertz CT molecular complexity index is 429. The van der Waals surface area contributed by atoms with Gasteiger partial charge in [-0.25, -0.2) is 0 Å². The van der Waals surface area contributed by atoms with Crippen molar-refractivity contribution in [2.45, 2.75) is 200 Å². The molecule has 0 rings (SSSR count). The van der Waals surface area contributed by atoms with Crippen LogP contribution in [0.25, 0.3) is 0 Å². The predicted octanol–water partition coefficient (Wildman–Crippen LogP) is 10.6. The molecular weight excluding hydrogens is 442 g/mol. The molecular formula is C33H67NO2. The van der Waals surface area contributed by atoms with Crippen LogP contribution in [0.1, 0.15) is 188 Å².